The quantitative estimate of drug-likeness (QED) is 0.170. The van der Waals surface area contributed by atoms with Crippen molar-refractivity contribution in [2.75, 3.05) is 4.90 Å². The molecule has 11 rings (SSSR count). The Morgan fingerprint density at radius 1 is 0.345 bits per heavy atom. The first-order valence-corrected chi connectivity index (χ1v) is 19.5. The summed E-state index contributed by atoms with van der Waals surface area (Å²) in [6.45, 7) is 0. The highest BCUT2D eigenvalue weighted by molar-refractivity contribution is 7.25. The Bertz CT molecular complexity index is 3220. The third kappa shape index (κ3) is 5.48. The van der Waals surface area contributed by atoms with Crippen LogP contribution in [0, 0.1) is 0 Å². The number of rotatable bonds is 6. The predicted octanol–water partition coefficient (Wildman–Crippen LogP) is 15.6. The fourth-order valence-corrected chi connectivity index (χ4v) is 9.20. The van der Waals surface area contributed by atoms with Crippen molar-refractivity contribution in [3.63, 3.8) is 0 Å². The summed E-state index contributed by atoms with van der Waals surface area (Å²) in [6, 6.07) is 72.2. The van der Waals surface area contributed by atoms with Crippen LogP contribution >= 0.6 is 11.3 Å². The molecule has 0 bridgehead atoms. The average molecular weight is 720 g/mol. The molecule has 0 N–H and O–H groups in total. The molecule has 2 nitrogen and oxygen atoms in total. The molecule has 0 aliphatic rings. The van der Waals surface area contributed by atoms with Crippen LogP contribution < -0.4 is 4.90 Å². The van der Waals surface area contributed by atoms with E-state index in [1.54, 1.807) is 0 Å². The summed E-state index contributed by atoms with van der Waals surface area (Å²) in [6.07, 6.45) is 0. The zero-order valence-electron chi connectivity index (χ0n) is 29.8. The highest BCUT2D eigenvalue weighted by Crippen LogP contribution is 2.45. The summed E-state index contributed by atoms with van der Waals surface area (Å²) in [7, 11) is 0. The maximum atomic E-state index is 6.61. The standard InChI is InChI=1S/C52H33NOS/c1-2-11-36-31-41(23-22-34(36)10-1)40-15-8-14-39(32-40)38-13-7-12-37(30-38)35-24-26-42(27-25-35)53(43-28-29-51-47(33-43)45-17-4-6-21-50(45)55-51)48-19-9-18-46-44-16-3-5-20-49(44)54-52(46)48/h1-33H. The van der Waals surface area contributed by atoms with E-state index in [0.717, 1.165) is 44.6 Å². The number of para-hydroxylation sites is 2. The van der Waals surface area contributed by atoms with Crippen molar-refractivity contribution in [1.82, 2.24) is 0 Å². The van der Waals surface area contributed by atoms with Gasteiger partial charge in [-0.3, -0.25) is 0 Å². The molecule has 0 aliphatic heterocycles. The lowest BCUT2D eigenvalue weighted by atomic mass is 9.95. The lowest BCUT2D eigenvalue weighted by Gasteiger charge is -2.26. The number of anilines is 3. The van der Waals surface area contributed by atoms with Gasteiger partial charge in [-0.15, -0.1) is 11.3 Å². The summed E-state index contributed by atoms with van der Waals surface area (Å²) < 4.78 is 9.20. The molecule has 55 heavy (non-hydrogen) atoms. The largest absolute Gasteiger partial charge is 0.454 e. The van der Waals surface area contributed by atoms with E-state index in [9.17, 15) is 0 Å². The molecule has 0 radical (unpaired) electrons. The molecule has 11 aromatic rings. The first kappa shape index (κ1) is 31.6. The van der Waals surface area contributed by atoms with Crippen molar-refractivity contribution in [2.24, 2.45) is 0 Å². The Kier molecular flexibility index (Phi) is 7.39. The number of benzene rings is 9. The lowest BCUT2D eigenvalue weighted by molar-refractivity contribution is 0.669. The molecule has 0 amide bonds. The van der Waals surface area contributed by atoms with Gasteiger partial charge < -0.3 is 9.32 Å². The van der Waals surface area contributed by atoms with Crippen molar-refractivity contribution in [1.29, 1.82) is 0 Å². The van der Waals surface area contributed by atoms with Crippen molar-refractivity contribution in [2.45, 2.75) is 0 Å². The molecule has 9 aromatic carbocycles. The van der Waals surface area contributed by atoms with Gasteiger partial charge in [-0.05, 0) is 111 Å². The van der Waals surface area contributed by atoms with Crippen LogP contribution in [0.5, 0.6) is 0 Å². The number of fused-ring (bicyclic) bond motifs is 7. The van der Waals surface area contributed by atoms with E-state index in [1.165, 1.54) is 58.8 Å². The maximum Gasteiger partial charge on any atom is 0.159 e. The van der Waals surface area contributed by atoms with Gasteiger partial charge in [-0.2, -0.15) is 0 Å². The van der Waals surface area contributed by atoms with Crippen LogP contribution in [-0.4, -0.2) is 0 Å². The van der Waals surface area contributed by atoms with E-state index in [-0.39, 0.29) is 0 Å². The number of hydrogen-bond acceptors (Lipinski definition) is 3. The van der Waals surface area contributed by atoms with E-state index in [1.807, 2.05) is 17.4 Å². The topological polar surface area (TPSA) is 16.4 Å². The third-order valence-corrected chi connectivity index (χ3v) is 12.0. The minimum atomic E-state index is 0.877. The highest BCUT2D eigenvalue weighted by Gasteiger charge is 2.20. The zero-order valence-corrected chi connectivity index (χ0v) is 30.6. The second-order valence-corrected chi connectivity index (χ2v) is 15.2. The van der Waals surface area contributed by atoms with Gasteiger partial charge in [-0.1, -0.05) is 133 Å². The Balaban J connectivity index is 0.993. The van der Waals surface area contributed by atoms with Gasteiger partial charge in [0.2, 0.25) is 0 Å². The normalized spacial score (nSPS) is 11.6. The van der Waals surface area contributed by atoms with Gasteiger partial charge in [-0.25, -0.2) is 0 Å². The number of furan rings is 1. The Morgan fingerprint density at radius 2 is 0.927 bits per heavy atom. The summed E-state index contributed by atoms with van der Waals surface area (Å²) in [5, 5.41) is 7.29. The van der Waals surface area contributed by atoms with Crippen LogP contribution in [-0.2, 0) is 0 Å². The summed E-state index contributed by atoms with van der Waals surface area (Å²) in [5.74, 6) is 0. The molecular formula is C52H33NOS. The van der Waals surface area contributed by atoms with Crippen molar-refractivity contribution < 1.29 is 4.42 Å². The fourth-order valence-electron chi connectivity index (χ4n) is 8.12. The van der Waals surface area contributed by atoms with Crippen LogP contribution in [0.3, 0.4) is 0 Å². The monoisotopic (exact) mass is 719 g/mol. The van der Waals surface area contributed by atoms with Crippen molar-refractivity contribution >= 4 is 81.3 Å². The van der Waals surface area contributed by atoms with Crippen molar-refractivity contribution in [3.8, 4) is 33.4 Å². The van der Waals surface area contributed by atoms with Crippen LogP contribution in [0.25, 0.3) is 86.3 Å². The molecule has 2 heterocycles. The Labute approximate surface area is 322 Å². The maximum absolute atomic E-state index is 6.61. The molecule has 3 heteroatoms. The van der Waals surface area contributed by atoms with Gasteiger partial charge in [0.25, 0.3) is 0 Å². The summed E-state index contributed by atoms with van der Waals surface area (Å²) >= 11 is 1.84. The van der Waals surface area contributed by atoms with Crippen LogP contribution in [0.1, 0.15) is 0 Å². The number of nitrogens with zero attached hydrogens (tertiary/aromatic N) is 1. The van der Waals surface area contributed by atoms with Crippen LogP contribution in [0.4, 0.5) is 17.1 Å². The van der Waals surface area contributed by atoms with E-state index in [0.29, 0.717) is 0 Å². The van der Waals surface area contributed by atoms with Gasteiger partial charge >= 0.3 is 0 Å². The SMILES string of the molecule is c1cc(-c2ccc(N(c3ccc4sc5ccccc5c4c3)c3cccc4c3oc3ccccc34)cc2)cc(-c2cccc(-c3ccc4ccccc4c3)c2)c1. The Hall–Kier alpha value is -6.94. The van der Waals surface area contributed by atoms with Crippen LogP contribution in [0.15, 0.2) is 205 Å². The molecular weight excluding hydrogens is 687 g/mol. The summed E-state index contributed by atoms with van der Waals surface area (Å²) in [4.78, 5) is 2.34. The molecule has 0 saturated carbocycles. The molecule has 0 aliphatic carbocycles. The van der Waals surface area contributed by atoms with E-state index < -0.39 is 0 Å². The minimum Gasteiger partial charge on any atom is -0.454 e. The van der Waals surface area contributed by atoms with E-state index >= 15 is 0 Å². The Morgan fingerprint density at radius 3 is 1.73 bits per heavy atom. The predicted molar refractivity (Wildman–Crippen MR) is 235 cm³/mol. The first-order valence-electron chi connectivity index (χ1n) is 18.7. The smallest absolute Gasteiger partial charge is 0.159 e. The van der Waals surface area contributed by atoms with Gasteiger partial charge in [0.1, 0.15) is 5.58 Å². The number of hydrogen-bond donors (Lipinski definition) is 0. The zero-order chi connectivity index (χ0) is 36.3. The molecule has 258 valence electrons. The molecule has 0 spiro atoms. The number of thiophene rings is 1. The second-order valence-electron chi connectivity index (χ2n) is 14.1. The van der Waals surface area contributed by atoms with Gasteiger partial charge in [0, 0.05) is 42.3 Å². The van der Waals surface area contributed by atoms with Gasteiger partial charge in [0.15, 0.2) is 5.58 Å². The van der Waals surface area contributed by atoms with Crippen molar-refractivity contribution in [3.05, 3.63) is 200 Å². The second kappa shape index (κ2) is 12.9. The molecule has 0 fully saturated rings. The summed E-state index contributed by atoms with van der Waals surface area (Å²) in [5.41, 5.74) is 12.1. The molecule has 0 atom stereocenters. The van der Waals surface area contributed by atoms with Crippen LogP contribution in [0.2, 0.25) is 0 Å². The van der Waals surface area contributed by atoms with E-state index in [4.69, 9.17) is 4.42 Å². The molecule has 2 aromatic heterocycles. The van der Waals surface area contributed by atoms with E-state index in [2.05, 4.69) is 199 Å². The average Bonchev–Trinajstić information content (AvgIpc) is 3.83. The molecule has 0 saturated heterocycles. The fraction of sp³-hybridized carbons (Fsp3) is 0. The lowest BCUT2D eigenvalue weighted by Crippen LogP contribution is -2.10. The minimum absolute atomic E-state index is 0.877. The first-order chi connectivity index (χ1) is 27.2. The molecule has 0 unspecified atom stereocenters. The highest BCUT2D eigenvalue weighted by atomic mass is 32.1. The third-order valence-electron chi connectivity index (χ3n) is 10.8. The van der Waals surface area contributed by atoms with Gasteiger partial charge in [0.05, 0.1) is 5.69 Å².